The molecule has 4 rings (SSSR count). The predicted octanol–water partition coefficient (Wildman–Crippen LogP) is 3.59. The molecule has 0 bridgehead atoms. The van der Waals surface area contributed by atoms with E-state index in [0.29, 0.717) is 30.5 Å². The van der Waals surface area contributed by atoms with Gasteiger partial charge in [-0.15, -0.1) is 0 Å². The Morgan fingerprint density at radius 1 is 1.16 bits per heavy atom. The van der Waals surface area contributed by atoms with Crippen molar-refractivity contribution >= 4 is 27.8 Å². The molecule has 2 aromatic heterocycles. The van der Waals surface area contributed by atoms with E-state index in [9.17, 15) is 14.7 Å². The van der Waals surface area contributed by atoms with Gasteiger partial charge in [0.05, 0.1) is 7.11 Å². The monoisotopic (exact) mass is 420 g/mol. The lowest BCUT2D eigenvalue weighted by molar-refractivity contribution is -0.121. The number of phenolic OH excluding ortho intramolecular Hbond substituents is 1. The minimum Gasteiger partial charge on any atom is -0.508 e. The molecule has 7 nitrogen and oxygen atoms in total. The fourth-order valence-electron chi connectivity index (χ4n) is 3.83. The van der Waals surface area contributed by atoms with E-state index < -0.39 is 5.63 Å². The largest absolute Gasteiger partial charge is 0.508 e. The molecule has 0 aliphatic rings. The summed E-state index contributed by atoms with van der Waals surface area (Å²) in [7, 11) is 1.63. The highest BCUT2D eigenvalue weighted by Gasteiger charge is 2.14. The van der Waals surface area contributed by atoms with Gasteiger partial charge in [-0.25, -0.2) is 4.79 Å². The van der Waals surface area contributed by atoms with Crippen LogP contribution in [0.25, 0.3) is 21.9 Å². The number of aryl methyl sites for hydroxylation is 1. The van der Waals surface area contributed by atoms with Crippen LogP contribution in [0.4, 0.5) is 0 Å². The topological polar surface area (TPSA) is 105 Å². The van der Waals surface area contributed by atoms with Gasteiger partial charge in [-0.3, -0.25) is 4.79 Å². The Hall–Kier alpha value is -3.74. The third-order valence-electron chi connectivity index (χ3n) is 5.56. The summed E-state index contributed by atoms with van der Waals surface area (Å²) >= 11 is 0. The van der Waals surface area contributed by atoms with Crippen LogP contribution in [0.5, 0.6) is 11.5 Å². The Morgan fingerprint density at radius 2 is 2.00 bits per heavy atom. The average molecular weight is 420 g/mol. The first-order valence-electron chi connectivity index (χ1n) is 10.1. The number of benzene rings is 2. The van der Waals surface area contributed by atoms with Crippen molar-refractivity contribution in [2.24, 2.45) is 0 Å². The molecule has 31 heavy (non-hydrogen) atoms. The lowest BCUT2D eigenvalue weighted by Gasteiger charge is -2.09. The zero-order valence-corrected chi connectivity index (χ0v) is 17.5. The summed E-state index contributed by atoms with van der Waals surface area (Å²) in [4.78, 5) is 27.9. The molecule has 0 aliphatic carbocycles. The van der Waals surface area contributed by atoms with Crippen LogP contribution < -0.4 is 15.7 Å². The van der Waals surface area contributed by atoms with E-state index in [0.717, 1.165) is 33.2 Å². The number of hydrogen-bond acceptors (Lipinski definition) is 5. The Bertz CT molecular complexity index is 1320. The molecule has 3 N–H and O–H groups in total. The third kappa shape index (κ3) is 4.26. The number of amides is 1. The molecular formula is C24H24N2O5. The number of aromatic hydroxyl groups is 1. The number of carbonyl (C=O) groups is 1. The lowest BCUT2D eigenvalue weighted by Crippen LogP contribution is -2.26. The number of hydrogen-bond donors (Lipinski definition) is 3. The maximum atomic E-state index is 12.3. The highest BCUT2D eigenvalue weighted by atomic mass is 16.5. The van der Waals surface area contributed by atoms with Crippen LogP contribution in [-0.4, -0.2) is 29.7 Å². The Balaban J connectivity index is 1.37. The van der Waals surface area contributed by atoms with Crippen molar-refractivity contribution in [3.05, 3.63) is 69.7 Å². The maximum Gasteiger partial charge on any atom is 0.339 e. The van der Waals surface area contributed by atoms with E-state index in [1.165, 1.54) is 6.07 Å². The normalized spacial score (nSPS) is 11.2. The zero-order chi connectivity index (χ0) is 22.0. The summed E-state index contributed by atoms with van der Waals surface area (Å²) in [5.41, 5.74) is 3.24. The average Bonchev–Trinajstić information content (AvgIpc) is 3.15. The third-order valence-corrected chi connectivity index (χ3v) is 5.56. The second kappa shape index (κ2) is 8.55. The van der Waals surface area contributed by atoms with E-state index in [2.05, 4.69) is 10.3 Å². The standard InChI is InChI=1S/C24H24N2O5/c1-14-18-5-3-16(27)11-22(18)31-24(29)19(14)6-8-23(28)25-10-9-15-13-26-21-7-4-17(30-2)12-20(15)21/h3-5,7,11-13,26-27H,6,8-10H2,1-2H3,(H,25,28). The molecule has 160 valence electrons. The highest BCUT2D eigenvalue weighted by molar-refractivity contribution is 5.85. The molecule has 4 aromatic rings. The number of nitrogens with one attached hydrogen (secondary N) is 2. The number of methoxy groups -OCH3 is 1. The van der Waals surface area contributed by atoms with Crippen LogP contribution >= 0.6 is 0 Å². The number of H-pyrrole nitrogens is 1. The number of fused-ring (bicyclic) bond motifs is 2. The fourth-order valence-corrected chi connectivity index (χ4v) is 3.83. The summed E-state index contributed by atoms with van der Waals surface area (Å²) in [6.07, 6.45) is 3.11. The molecule has 2 aromatic carbocycles. The first kappa shape index (κ1) is 20.5. The summed E-state index contributed by atoms with van der Waals surface area (Å²) < 4.78 is 10.6. The van der Waals surface area contributed by atoms with Gasteiger partial charge in [0.1, 0.15) is 17.1 Å². The van der Waals surface area contributed by atoms with Crippen molar-refractivity contribution in [1.29, 1.82) is 0 Å². The van der Waals surface area contributed by atoms with E-state index in [-0.39, 0.29) is 18.1 Å². The van der Waals surface area contributed by atoms with Crippen molar-refractivity contribution in [2.75, 3.05) is 13.7 Å². The maximum absolute atomic E-state index is 12.3. The number of phenols is 1. The van der Waals surface area contributed by atoms with Gasteiger partial charge in [0.2, 0.25) is 5.91 Å². The predicted molar refractivity (Wildman–Crippen MR) is 119 cm³/mol. The molecule has 0 unspecified atom stereocenters. The van der Waals surface area contributed by atoms with Crippen LogP contribution in [0, 0.1) is 6.92 Å². The number of aromatic nitrogens is 1. The molecule has 1 amide bonds. The minimum absolute atomic E-state index is 0.0378. The smallest absolute Gasteiger partial charge is 0.339 e. The van der Waals surface area contributed by atoms with E-state index in [1.807, 2.05) is 31.3 Å². The van der Waals surface area contributed by atoms with Gasteiger partial charge in [-0.05, 0) is 61.2 Å². The summed E-state index contributed by atoms with van der Waals surface area (Å²) in [6.45, 7) is 2.32. The van der Waals surface area contributed by atoms with Crippen molar-refractivity contribution in [3.8, 4) is 11.5 Å². The molecule has 0 aliphatic heterocycles. The van der Waals surface area contributed by atoms with Crippen molar-refractivity contribution in [3.63, 3.8) is 0 Å². The lowest BCUT2D eigenvalue weighted by atomic mass is 10.0. The van der Waals surface area contributed by atoms with Crippen LogP contribution in [0.2, 0.25) is 0 Å². The highest BCUT2D eigenvalue weighted by Crippen LogP contribution is 2.25. The van der Waals surface area contributed by atoms with Crippen molar-refractivity contribution < 1.29 is 19.1 Å². The van der Waals surface area contributed by atoms with E-state index >= 15 is 0 Å². The van der Waals surface area contributed by atoms with E-state index in [1.54, 1.807) is 19.2 Å². The molecule has 2 heterocycles. The molecule has 7 heteroatoms. The first-order valence-corrected chi connectivity index (χ1v) is 10.1. The number of rotatable bonds is 7. The summed E-state index contributed by atoms with van der Waals surface area (Å²) in [5.74, 6) is 0.704. The number of carbonyl (C=O) groups excluding carboxylic acids is 1. The van der Waals surface area contributed by atoms with Gasteiger partial charge in [0.25, 0.3) is 0 Å². The first-order chi connectivity index (χ1) is 15.0. The Kier molecular flexibility index (Phi) is 5.66. The number of ether oxygens (including phenoxy) is 1. The molecule has 0 saturated heterocycles. The Labute approximate surface area is 178 Å². The van der Waals surface area contributed by atoms with Crippen molar-refractivity contribution in [2.45, 2.75) is 26.2 Å². The zero-order valence-electron chi connectivity index (χ0n) is 17.5. The van der Waals surface area contributed by atoms with Crippen LogP contribution in [0.1, 0.15) is 23.1 Å². The van der Waals surface area contributed by atoms with Gasteiger partial charge < -0.3 is 24.6 Å². The molecule has 0 spiro atoms. The second-order valence-corrected chi connectivity index (χ2v) is 7.50. The quantitative estimate of drug-likeness (QED) is 0.396. The molecule has 0 radical (unpaired) electrons. The van der Waals surface area contributed by atoms with Crippen LogP contribution in [0.15, 0.2) is 51.8 Å². The molecule has 0 saturated carbocycles. The van der Waals surface area contributed by atoms with Crippen molar-refractivity contribution in [1.82, 2.24) is 10.3 Å². The van der Waals surface area contributed by atoms with Gasteiger partial charge >= 0.3 is 5.63 Å². The fraction of sp³-hybridized carbons (Fsp3) is 0.250. The van der Waals surface area contributed by atoms with Gasteiger partial charge in [-0.1, -0.05) is 0 Å². The van der Waals surface area contributed by atoms with Crippen LogP contribution in [-0.2, 0) is 17.6 Å². The Morgan fingerprint density at radius 3 is 2.81 bits per heavy atom. The summed E-state index contributed by atoms with van der Waals surface area (Å²) in [6, 6.07) is 10.5. The van der Waals surface area contributed by atoms with Gasteiger partial charge in [0.15, 0.2) is 0 Å². The molecule has 0 fully saturated rings. The molecule has 0 atom stereocenters. The molecular weight excluding hydrogens is 396 g/mol. The van der Waals surface area contributed by atoms with Gasteiger partial charge in [-0.2, -0.15) is 0 Å². The van der Waals surface area contributed by atoms with Crippen LogP contribution in [0.3, 0.4) is 0 Å². The second-order valence-electron chi connectivity index (χ2n) is 7.50. The minimum atomic E-state index is -0.476. The van der Waals surface area contributed by atoms with E-state index in [4.69, 9.17) is 9.15 Å². The SMILES string of the molecule is COc1ccc2[nH]cc(CCNC(=O)CCc3c(C)c4ccc(O)cc4oc3=O)c2c1. The van der Waals surface area contributed by atoms with Gasteiger partial charge in [0, 0.05) is 47.1 Å². The summed E-state index contributed by atoms with van der Waals surface area (Å²) in [5, 5.41) is 14.3. The number of aromatic amines is 1.